The molecule has 144 valence electrons. The summed E-state index contributed by atoms with van der Waals surface area (Å²) in [6.45, 7) is 0. The standard InChI is InChI=1S/C21H17Cl2NO4/c22-13-7-8-16(14(23)10-13)28-17-4-2-1-3-15(17)24-20(25)18-11-5-6-12(9-11)19(18)21(26)27/h1-8,10-12,18-19H,9H2,(H,24,25)(H,26,27)/t11-,12+,18-,19+/m1/s1. The third-order valence-corrected chi connectivity index (χ3v) is 5.84. The molecule has 2 bridgehead atoms. The van der Waals surface area contributed by atoms with E-state index in [0.29, 0.717) is 33.7 Å². The number of hydrogen-bond donors (Lipinski definition) is 2. The van der Waals surface area contributed by atoms with Crippen molar-refractivity contribution in [3.63, 3.8) is 0 Å². The van der Waals surface area contributed by atoms with Crippen LogP contribution in [-0.2, 0) is 9.59 Å². The van der Waals surface area contributed by atoms with Gasteiger partial charge in [0.25, 0.3) is 0 Å². The van der Waals surface area contributed by atoms with Gasteiger partial charge in [-0.05, 0) is 48.6 Å². The highest BCUT2D eigenvalue weighted by atomic mass is 35.5. The molecule has 0 heterocycles. The minimum absolute atomic E-state index is 0.0510. The Labute approximate surface area is 171 Å². The van der Waals surface area contributed by atoms with E-state index in [4.69, 9.17) is 27.9 Å². The van der Waals surface area contributed by atoms with Crippen LogP contribution in [0, 0.1) is 23.7 Å². The van der Waals surface area contributed by atoms with Gasteiger partial charge in [0, 0.05) is 5.02 Å². The molecule has 2 aliphatic carbocycles. The average Bonchev–Trinajstić information content (AvgIpc) is 3.27. The Kier molecular flexibility index (Phi) is 5.04. The van der Waals surface area contributed by atoms with Crippen LogP contribution in [0.15, 0.2) is 54.6 Å². The van der Waals surface area contributed by atoms with E-state index in [1.54, 1.807) is 42.5 Å². The zero-order valence-electron chi connectivity index (χ0n) is 14.6. The van der Waals surface area contributed by atoms with Crippen LogP contribution >= 0.6 is 23.2 Å². The fraction of sp³-hybridized carbons (Fsp3) is 0.238. The Morgan fingerprint density at radius 1 is 1.00 bits per heavy atom. The number of aliphatic carboxylic acids is 1. The first-order valence-electron chi connectivity index (χ1n) is 8.88. The highest BCUT2D eigenvalue weighted by Gasteiger charge is 2.51. The molecular formula is C21H17Cl2NO4. The zero-order chi connectivity index (χ0) is 19.8. The number of carbonyl (C=O) groups is 2. The Morgan fingerprint density at radius 3 is 2.43 bits per heavy atom. The van der Waals surface area contributed by atoms with Gasteiger partial charge in [-0.2, -0.15) is 0 Å². The number of allylic oxidation sites excluding steroid dienone is 2. The van der Waals surface area contributed by atoms with Gasteiger partial charge in [0.2, 0.25) is 5.91 Å². The largest absolute Gasteiger partial charge is 0.481 e. The van der Waals surface area contributed by atoms with E-state index in [1.807, 2.05) is 12.2 Å². The van der Waals surface area contributed by atoms with Gasteiger partial charge >= 0.3 is 5.97 Å². The summed E-state index contributed by atoms with van der Waals surface area (Å²) in [7, 11) is 0. The van der Waals surface area contributed by atoms with Crippen molar-refractivity contribution in [3.05, 3.63) is 64.7 Å². The van der Waals surface area contributed by atoms with Crippen LogP contribution in [0.3, 0.4) is 0 Å². The SMILES string of the molecule is O=C(O)[C@@H]1[C@H](C(=O)Nc2ccccc2Oc2ccc(Cl)cc2Cl)[C@@H]2C=C[C@H]1C2. The number of halogens is 2. The second-order valence-corrected chi connectivity index (χ2v) is 7.84. The molecule has 0 radical (unpaired) electrons. The van der Waals surface area contributed by atoms with Gasteiger partial charge in [-0.25, -0.2) is 0 Å². The number of para-hydroxylation sites is 2. The maximum Gasteiger partial charge on any atom is 0.307 e. The quantitative estimate of drug-likeness (QED) is 0.651. The van der Waals surface area contributed by atoms with Crippen LogP contribution in [0.1, 0.15) is 6.42 Å². The van der Waals surface area contributed by atoms with Gasteiger partial charge < -0.3 is 15.2 Å². The minimum atomic E-state index is -0.936. The third-order valence-electron chi connectivity index (χ3n) is 5.31. The van der Waals surface area contributed by atoms with E-state index in [-0.39, 0.29) is 17.7 Å². The lowest BCUT2D eigenvalue weighted by Crippen LogP contribution is -2.36. The van der Waals surface area contributed by atoms with Gasteiger partial charge in [-0.3, -0.25) is 9.59 Å². The van der Waals surface area contributed by atoms with E-state index < -0.39 is 17.8 Å². The molecular weight excluding hydrogens is 401 g/mol. The summed E-state index contributed by atoms with van der Waals surface area (Å²) in [5.74, 6) is -1.88. The second kappa shape index (κ2) is 7.49. The molecule has 5 nitrogen and oxygen atoms in total. The monoisotopic (exact) mass is 417 g/mol. The van der Waals surface area contributed by atoms with Gasteiger partial charge in [0.05, 0.1) is 22.5 Å². The highest BCUT2D eigenvalue weighted by Crippen LogP contribution is 2.48. The van der Waals surface area contributed by atoms with E-state index in [0.717, 1.165) is 0 Å². The number of carboxylic acid groups (broad SMARTS) is 1. The maximum absolute atomic E-state index is 12.9. The molecule has 4 atom stereocenters. The van der Waals surface area contributed by atoms with Crippen LogP contribution in [0.25, 0.3) is 0 Å². The van der Waals surface area contributed by atoms with Gasteiger partial charge in [0.15, 0.2) is 5.75 Å². The number of hydrogen-bond acceptors (Lipinski definition) is 3. The smallest absolute Gasteiger partial charge is 0.307 e. The molecule has 4 rings (SSSR count). The molecule has 1 amide bonds. The molecule has 2 aromatic carbocycles. The number of amides is 1. The molecule has 0 spiro atoms. The third kappa shape index (κ3) is 3.48. The van der Waals surface area contributed by atoms with Crippen molar-refractivity contribution in [2.75, 3.05) is 5.32 Å². The van der Waals surface area contributed by atoms with Crippen molar-refractivity contribution in [1.29, 1.82) is 0 Å². The van der Waals surface area contributed by atoms with Crippen LogP contribution in [0.2, 0.25) is 10.0 Å². The first-order chi connectivity index (χ1) is 13.4. The topological polar surface area (TPSA) is 75.6 Å². The Morgan fingerprint density at radius 2 is 1.71 bits per heavy atom. The first-order valence-corrected chi connectivity index (χ1v) is 9.63. The lowest BCUT2D eigenvalue weighted by atomic mass is 9.82. The van der Waals surface area contributed by atoms with Crippen molar-refractivity contribution in [2.24, 2.45) is 23.7 Å². The molecule has 0 aromatic heterocycles. The number of carbonyl (C=O) groups excluding carboxylic acids is 1. The molecule has 0 aliphatic heterocycles. The molecule has 2 N–H and O–H groups in total. The second-order valence-electron chi connectivity index (χ2n) is 7.00. The van der Waals surface area contributed by atoms with Crippen molar-refractivity contribution in [1.82, 2.24) is 0 Å². The zero-order valence-corrected chi connectivity index (χ0v) is 16.2. The number of fused-ring (bicyclic) bond motifs is 2. The number of carboxylic acids is 1. The summed E-state index contributed by atoms with van der Waals surface area (Å²) < 4.78 is 5.86. The number of anilines is 1. The summed E-state index contributed by atoms with van der Waals surface area (Å²) in [5, 5.41) is 13.2. The highest BCUT2D eigenvalue weighted by molar-refractivity contribution is 6.35. The Balaban J connectivity index is 1.56. The van der Waals surface area contributed by atoms with E-state index in [9.17, 15) is 14.7 Å². The van der Waals surface area contributed by atoms with Gasteiger partial charge in [-0.1, -0.05) is 47.5 Å². The fourth-order valence-electron chi connectivity index (χ4n) is 4.07. The van der Waals surface area contributed by atoms with E-state index in [1.165, 1.54) is 0 Å². The molecule has 28 heavy (non-hydrogen) atoms. The fourth-order valence-corrected chi connectivity index (χ4v) is 4.51. The predicted molar refractivity (Wildman–Crippen MR) is 107 cm³/mol. The van der Waals surface area contributed by atoms with Crippen LogP contribution < -0.4 is 10.1 Å². The molecule has 1 fully saturated rings. The molecule has 2 aliphatic rings. The predicted octanol–water partition coefficient (Wildman–Crippen LogP) is 5.25. The van der Waals surface area contributed by atoms with Crippen molar-refractivity contribution in [3.8, 4) is 11.5 Å². The lowest BCUT2D eigenvalue weighted by molar-refractivity contribution is -0.146. The Bertz CT molecular complexity index is 975. The summed E-state index contributed by atoms with van der Waals surface area (Å²) in [5.41, 5.74) is 0.453. The van der Waals surface area contributed by atoms with Gasteiger partial charge in [0.1, 0.15) is 5.75 Å². The molecule has 7 heteroatoms. The maximum atomic E-state index is 12.9. The molecule has 0 unspecified atom stereocenters. The van der Waals surface area contributed by atoms with Crippen LogP contribution in [-0.4, -0.2) is 17.0 Å². The average molecular weight is 418 g/mol. The summed E-state index contributed by atoms with van der Waals surface area (Å²) in [6.07, 6.45) is 4.56. The van der Waals surface area contributed by atoms with E-state index >= 15 is 0 Å². The van der Waals surface area contributed by atoms with Gasteiger partial charge in [-0.15, -0.1) is 0 Å². The van der Waals surface area contributed by atoms with E-state index in [2.05, 4.69) is 5.32 Å². The molecule has 2 aromatic rings. The summed E-state index contributed by atoms with van der Waals surface area (Å²) in [6, 6.07) is 11.8. The summed E-state index contributed by atoms with van der Waals surface area (Å²) in [4.78, 5) is 24.6. The van der Waals surface area contributed by atoms with Crippen LogP contribution in [0.5, 0.6) is 11.5 Å². The van der Waals surface area contributed by atoms with Crippen molar-refractivity contribution >= 4 is 40.8 Å². The number of rotatable bonds is 5. The lowest BCUT2D eigenvalue weighted by Gasteiger charge is -2.24. The minimum Gasteiger partial charge on any atom is -0.481 e. The van der Waals surface area contributed by atoms with Crippen molar-refractivity contribution < 1.29 is 19.4 Å². The first kappa shape index (κ1) is 18.8. The Hall–Kier alpha value is -2.50. The van der Waals surface area contributed by atoms with Crippen LogP contribution in [0.4, 0.5) is 5.69 Å². The number of benzene rings is 2. The normalized spacial score (nSPS) is 24.9. The number of ether oxygens (including phenoxy) is 1. The molecule has 1 saturated carbocycles. The van der Waals surface area contributed by atoms with Crippen molar-refractivity contribution in [2.45, 2.75) is 6.42 Å². The molecule has 0 saturated heterocycles. The summed E-state index contributed by atoms with van der Waals surface area (Å²) >= 11 is 12.1. The number of nitrogens with one attached hydrogen (secondary N) is 1.